The summed E-state index contributed by atoms with van der Waals surface area (Å²) >= 11 is 0. The normalized spacial score (nSPS) is 20.9. The summed E-state index contributed by atoms with van der Waals surface area (Å²) in [4.78, 5) is 13.8. The Balaban J connectivity index is 2.01. The van der Waals surface area contributed by atoms with Gasteiger partial charge in [-0.3, -0.25) is 4.79 Å². The second kappa shape index (κ2) is 6.36. The van der Waals surface area contributed by atoms with E-state index in [2.05, 4.69) is 0 Å². The molecule has 2 rings (SSSR count). The third kappa shape index (κ3) is 3.77. The van der Waals surface area contributed by atoms with E-state index in [1.807, 2.05) is 6.07 Å². The Labute approximate surface area is 130 Å². The van der Waals surface area contributed by atoms with E-state index in [1.165, 1.54) is 4.90 Å². The number of likely N-dealkylation sites (N-methyl/N-ethyl adjacent to an activating group) is 1. The maximum absolute atomic E-state index is 12.3. The highest BCUT2D eigenvalue weighted by atomic mass is 32.2. The fraction of sp³-hybridized carbons (Fsp3) is 0.467. The lowest BCUT2D eigenvalue weighted by atomic mass is 10.2. The molecule has 1 aliphatic heterocycles. The van der Waals surface area contributed by atoms with Gasteiger partial charge in [0.05, 0.1) is 23.1 Å². The molecule has 1 saturated heterocycles. The summed E-state index contributed by atoms with van der Waals surface area (Å²) in [7, 11) is -1.44. The van der Waals surface area contributed by atoms with Gasteiger partial charge >= 0.3 is 0 Å². The summed E-state index contributed by atoms with van der Waals surface area (Å²) in [6.45, 7) is 1.61. The molecule has 6 nitrogen and oxygen atoms in total. The van der Waals surface area contributed by atoms with Gasteiger partial charge in [0.2, 0.25) is 0 Å². The molecule has 1 amide bonds. The lowest BCUT2D eigenvalue weighted by molar-refractivity contribution is -0.138. The maximum atomic E-state index is 12.3. The van der Waals surface area contributed by atoms with Crippen molar-refractivity contribution in [3.63, 3.8) is 0 Å². The zero-order chi connectivity index (χ0) is 16.3. The number of hydrogen-bond donors (Lipinski definition) is 0. The minimum absolute atomic E-state index is 0.00583. The monoisotopic (exact) mass is 322 g/mol. The van der Waals surface area contributed by atoms with Crippen molar-refractivity contribution in [2.24, 2.45) is 0 Å². The molecule has 1 aromatic rings. The van der Waals surface area contributed by atoms with E-state index in [1.54, 1.807) is 38.2 Å². The third-order valence-electron chi connectivity index (χ3n) is 3.73. The van der Waals surface area contributed by atoms with E-state index < -0.39 is 15.9 Å². The largest absolute Gasteiger partial charge is 0.481 e. The van der Waals surface area contributed by atoms with Crippen molar-refractivity contribution in [3.8, 4) is 11.8 Å². The molecule has 7 heteroatoms. The van der Waals surface area contributed by atoms with Crippen molar-refractivity contribution in [1.82, 2.24) is 4.90 Å². The molecule has 0 bridgehead atoms. The smallest absolute Gasteiger partial charge is 0.263 e. The summed E-state index contributed by atoms with van der Waals surface area (Å²) in [5.74, 6) is 0.289. The zero-order valence-corrected chi connectivity index (χ0v) is 13.3. The van der Waals surface area contributed by atoms with Crippen LogP contribution in [0.4, 0.5) is 0 Å². The van der Waals surface area contributed by atoms with Crippen LogP contribution in [0.5, 0.6) is 5.75 Å². The van der Waals surface area contributed by atoms with Crippen LogP contribution < -0.4 is 4.74 Å². The van der Waals surface area contributed by atoms with Gasteiger partial charge in [-0.1, -0.05) is 6.07 Å². The van der Waals surface area contributed by atoms with Gasteiger partial charge in [-0.25, -0.2) is 8.42 Å². The van der Waals surface area contributed by atoms with E-state index in [4.69, 9.17) is 10.00 Å². The van der Waals surface area contributed by atoms with Gasteiger partial charge in [0, 0.05) is 13.1 Å². The highest BCUT2D eigenvalue weighted by molar-refractivity contribution is 7.91. The summed E-state index contributed by atoms with van der Waals surface area (Å²) in [6.07, 6.45) is -0.288. The standard InChI is InChI=1S/C15H18N2O4S/c1-11(21-14-5-3-4-12(8-14)9-16)15(18)17(2)13-6-7-22(19,20)10-13/h3-5,8,11,13H,6-7,10H2,1-2H3. The van der Waals surface area contributed by atoms with E-state index >= 15 is 0 Å². The van der Waals surface area contributed by atoms with E-state index in [9.17, 15) is 13.2 Å². The molecule has 22 heavy (non-hydrogen) atoms. The third-order valence-corrected chi connectivity index (χ3v) is 5.48. The number of nitrogens with zero attached hydrogens (tertiary/aromatic N) is 2. The predicted octanol–water partition coefficient (Wildman–Crippen LogP) is 0.971. The van der Waals surface area contributed by atoms with Crippen LogP contribution in [-0.2, 0) is 14.6 Å². The summed E-state index contributed by atoms with van der Waals surface area (Å²) < 4.78 is 28.6. The van der Waals surface area contributed by atoms with Crippen LogP contribution >= 0.6 is 0 Å². The number of hydrogen-bond acceptors (Lipinski definition) is 5. The molecule has 0 spiro atoms. The minimum Gasteiger partial charge on any atom is -0.481 e. The first-order chi connectivity index (χ1) is 10.3. The van der Waals surface area contributed by atoms with Crippen molar-refractivity contribution in [2.75, 3.05) is 18.6 Å². The van der Waals surface area contributed by atoms with Crippen LogP contribution in [0.25, 0.3) is 0 Å². The highest BCUT2D eigenvalue weighted by Crippen LogP contribution is 2.19. The van der Waals surface area contributed by atoms with E-state index in [-0.39, 0.29) is 23.5 Å². The lowest BCUT2D eigenvalue weighted by Gasteiger charge is -2.26. The van der Waals surface area contributed by atoms with Crippen LogP contribution in [0.2, 0.25) is 0 Å². The molecule has 2 unspecified atom stereocenters. The summed E-state index contributed by atoms with van der Waals surface area (Å²) in [5.41, 5.74) is 0.451. The summed E-state index contributed by atoms with van der Waals surface area (Å²) in [6, 6.07) is 8.26. The van der Waals surface area contributed by atoms with Gasteiger partial charge < -0.3 is 9.64 Å². The van der Waals surface area contributed by atoms with E-state index in [0.717, 1.165) is 0 Å². The number of carbonyl (C=O) groups excluding carboxylic acids is 1. The first-order valence-electron chi connectivity index (χ1n) is 6.96. The molecule has 2 atom stereocenters. The number of benzene rings is 1. The van der Waals surface area contributed by atoms with Gasteiger partial charge in [-0.15, -0.1) is 0 Å². The van der Waals surface area contributed by atoms with Crippen molar-refractivity contribution in [3.05, 3.63) is 29.8 Å². The molecule has 0 radical (unpaired) electrons. The Bertz CT molecular complexity index is 708. The fourth-order valence-electron chi connectivity index (χ4n) is 2.44. The minimum atomic E-state index is -3.04. The molecule has 0 aromatic heterocycles. The van der Waals surface area contributed by atoms with Crippen LogP contribution in [0.1, 0.15) is 18.9 Å². The molecular formula is C15H18N2O4S. The molecular weight excluding hydrogens is 304 g/mol. The molecule has 1 aromatic carbocycles. The van der Waals surface area contributed by atoms with Gasteiger partial charge in [-0.2, -0.15) is 5.26 Å². The average Bonchev–Trinajstić information content (AvgIpc) is 2.86. The predicted molar refractivity (Wildman–Crippen MR) is 81.1 cm³/mol. The highest BCUT2D eigenvalue weighted by Gasteiger charge is 2.34. The zero-order valence-electron chi connectivity index (χ0n) is 12.5. The lowest BCUT2D eigenvalue weighted by Crippen LogP contribution is -2.44. The first-order valence-corrected chi connectivity index (χ1v) is 8.78. The molecule has 0 saturated carbocycles. The van der Waals surface area contributed by atoms with Crippen LogP contribution in [-0.4, -0.2) is 49.9 Å². The number of ether oxygens (including phenoxy) is 1. The molecule has 1 fully saturated rings. The van der Waals surface area contributed by atoms with Crippen LogP contribution in [0.3, 0.4) is 0 Å². The number of carbonyl (C=O) groups is 1. The Morgan fingerprint density at radius 2 is 2.23 bits per heavy atom. The maximum Gasteiger partial charge on any atom is 0.263 e. The topological polar surface area (TPSA) is 87.5 Å². The molecule has 118 valence electrons. The number of rotatable bonds is 4. The second-order valence-electron chi connectivity index (χ2n) is 5.41. The van der Waals surface area contributed by atoms with Crippen LogP contribution in [0.15, 0.2) is 24.3 Å². The van der Waals surface area contributed by atoms with Crippen molar-refractivity contribution in [1.29, 1.82) is 5.26 Å². The van der Waals surface area contributed by atoms with Gasteiger partial charge in [0.25, 0.3) is 5.91 Å². The molecule has 1 aliphatic rings. The molecule has 1 heterocycles. The van der Waals surface area contributed by atoms with Gasteiger partial charge in [0.1, 0.15) is 5.75 Å². The van der Waals surface area contributed by atoms with Gasteiger partial charge in [0.15, 0.2) is 15.9 Å². The molecule has 0 N–H and O–H groups in total. The quantitative estimate of drug-likeness (QED) is 0.824. The Kier molecular flexibility index (Phi) is 4.71. The number of amides is 1. The Morgan fingerprint density at radius 1 is 1.50 bits per heavy atom. The summed E-state index contributed by atoms with van der Waals surface area (Å²) in [5, 5.41) is 8.85. The van der Waals surface area contributed by atoms with Gasteiger partial charge in [-0.05, 0) is 31.5 Å². The number of nitriles is 1. The SMILES string of the molecule is CC(Oc1cccc(C#N)c1)C(=O)N(C)C1CCS(=O)(=O)C1. The number of sulfone groups is 1. The van der Waals surface area contributed by atoms with Crippen LogP contribution in [0, 0.1) is 11.3 Å². The second-order valence-corrected chi connectivity index (χ2v) is 7.63. The Hall–Kier alpha value is -2.07. The average molecular weight is 322 g/mol. The van der Waals surface area contributed by atoms with Crippen molar-refractivity contribution in [2.45, 2.75) is 25.5 Å². The van der Waals surface area contributed by atoms with Crippen molar-refractivity contribution < 1.29 is 17.9 Å². The fourth-order valence-corrected chi connectivity index (χ4v) is 4.22. The van der Waals surface area contributed by atoms with Crippen molar-refractivity contribution >= 4 is 15.7 Å². The van der Waals surface area contributed by atoms with E-state index in [0.29, 0.717) is 17.7 Å². The molecule has 0 aliphatic carbocycles. The Morgan fingerprint density at radius 3 is 2.82 bits per heavy atom. The first kappa shape index (κ1) is 16.3.